The first-order valence-electron chi connectivity index (χ1n) is 6.95. The molecule has 0 spiro atoms. The molecule has 1 amide bonds. The minimum Gasteiger partial charge on any atom is -0.349 e. The fraction of sp³-hybridized carbons (Fsp3) is 0.214. The van der Waals surface area contributed by atoms with Crippen LogP contribution in [0, 0.1) is 10.1 Å². The van der Waals surface area contributed by atoms with E-state index in [2.05, 4.69) is 10.0 Å². The Labute approximate surface area is 138 Å². The molecule has 128 valence electrons. The lowest BCUT2D eigenvalue weighted by atomic mass is 10.3. The molecule has 0 fully saturated rings. The first-order valence-corrected chi connectivity index (χ1v) is 8.43. The van der Waals surface area contributed by atoms with Gasteiger partial charge in [-0.25, -0.2) is 13.1 Å². The number of nitrogens with one attached hydrogen (secondary N) is 2. The van der Waals surface area contributed by atoms with Gasteiger partial charge < -0.3 is 9.88 Å². The number of nitrogens with zero attached hydrogens (tertiary/aromatic N) is 2. The zero-order valence-electron chi connectivity index (χ0n) is 12.8. The topological polar surface area (TPSA) is 123 Å². The summed E-state index contributed by atoms with van der Waals surface area (Å²) in [4.78, 5) is 21.7. The number of sulfonamides is 1. The Morgan fingerprint density at radius 1 is 1.25 bits per heavy atom. The predicted molar refractivity (Wildman–Crippen MR) is 86.0 cm³/mol. The molecular formula is C14H16N4O5S. The number of aryl methyl sites for hydroxylation is 1. The zero-order chi connectivity index (χ0) is 17.7. The third-order valence-corrected chi connectivity index (χ3v) is 4.68. The molecule has 24 heavy (non-hydrogen) atoms. The van der Waals surface area contributed by atoms with Crippen molar-refractivity contribution in [3.05, 3.63) is 58.4 Å². The number of non-ortho nitro benzene ring substituents is 1. The lowest BCUT2D eigenvalue weighted by Crippen LogP contribution is -2.35. The number of carbonyl (C=O) groups is 1. The van der Waals surface area contributed by atoms with E-state index < -0.39 is 14.9 Å². The van der Waals surface area contributed by atoms with E-state index in [9.17, 15) is 23.3 Å². The molecule has 0 saturated carbocycles. The molecule has 2 N–H and O–H groups in total. The van der Waals surface area contributed by atoms with Crippen LogP contribution >= 0.6 is 0 Å². The molecule has 0 aliphatic rings. The minimum absolute atomic E-state index is 0.0405. The molecule has 0 radical (unpaired) electrons. The minimum atomic E-state index is -3.89. The molecule has 1 aromatic carbocycles. The Hall–Kier alpha value is -2.72. The van der Waals surface area contributed by atoms with Crippen LogP contribution in [-0.4, -0.2) is 36.9 Å². The van der Waals surface area contributed by atoms with Gasteiger partial charge in [0.2, 0.25) is 10.0 Å². The van der Waals surface area contributed by atoms with Gasteiger partial charge in [-0.2, -0.15) is 0 Å². The van der Waals surface area contributed by atoms with Crippen molar-refractivity contribution >= 4 is 21.6 Å². The van der Waals surface area contributed by atoms with E-state index in [1.807, 2.05) is 0 Å². The van der Waals surface area contributed by atoms with Crippen molar-refractivity contribution in [1.29, 1.82) is 0 Å². The van der Waals surface area contributed by atoms with Crippen LogP contribution in [0.5, 0.6) is 0 Å². The van der Waals surface area contributed by atoms with Crippen molar-refractivity contribution in [1.82, 2.24) is 14.6 Å². The van der Waals surface area contributed by atoms with Gasteiger partial charge in [0.15, 0.2) is 0 Å². The van der Waals surface area contributed by atoms with Gasteiger partial charge in [-0.15, -0.1) is 0 Å². The molecule has 9 nitrogen and oxygen atoms in total. The molecule has 10 heteroatoms. The molecular weight excluding hydrogens is 336 g/mol. The van der Waals surface area contributed by atoms with Gasteiger partial charge >= 0.3 is 0 Å². The SMILES string of the molecule is Cn1cccc1C(=O)NCCNS(=O)(=O)c1cccc([N+](=O)[O-])c1. The number of hydrogen-bond acceptors (Lipinski definition) is 5. The average Bonchev–Trinajstić information content (AvgIpc) is 2.97. The fourth-order valence-corrected chi connectivity index (χ4v) is 3.07. The van der Waals surface area contributed by atoms with Crippen LogP contribution in [-0.2, 0) is 17.1 Å². The van der Waals surface area contributed by atoms with Gasteiger partial charge in [-0.3, -0.25) is 14.9 Å². The second kappa shape index (κ2) is 7.23. The maximum Gasteiger partial charge on any atom is 0.270 e. The maximum absolute atomic E-state index is 12.1. The van der Waals surface area contributed by atoms with E-state index in [1.54, 1.807) is 29.9 Å². The van der Waals surface area contributed by atoms with Gasteiger partial charge in [0.05, 0.1) is 9.82 Å². The Balaban J connectivity index is 1.91. The van der Waals surface area contributed by atoms with E-state index >= 15 is 0 Å². The highest BCUT2D eigenvalue weighted by atomic mass is 32.2. The van der Waals surface area contributed by atoms with E-state index in [4.69, 9.17) is 0 Å². The van der Waals surface area contributed by atoms with Crippen molar-refractivity contribution in [3.8, 4) is 0 Å². The van der Waals surface area contributed by atoms with Crippen LogP contribution in [0.25, 0.3) is 0 Å². The van der Waals surface area contributed by atoms with Gasteiger partial charge in [0, 0.05) is 38.5 Å². The largest absolute Gasteiger partial charge is 0.349 e. The number of aromatic nitrogens is 1. The van der Waals surface area contributed by atoms with Crippen LogP contribution in [0.3, 0.4) is 0 Å². The van der Waals surface area contributed by atoms with E-state index in [-0.39, 0.29) is 29.6 Å². The van der Waals surface area contributed by atoms with Crippen LogP contribution in [0.15, 0.2) is 47.5 Å². The number of nitro groups is 1. The second-order valence-electron chi connectivity index (χ2n) is 4.91. The second-order valence-corrected chi connectivity index (χ2v) is 6.68. The van der Waals surface area contributed by atoms with E-state index in [0.29, 0.717) is 5.69 Å². The Morgan fingerprint density at radius 2 is 2.00 bits per heavy atom. The zero-order valence-corrected chi connectivity index (χ0v) is 13.6. The molecule has 2 rings (SSSR count). The summed E-state index contributed by atoms with van der Waals surface area (Å²) in [5, 5.41) is 13.3. The summed E-state index contributed by atoms with van der Waals surface area (Å²) in [5.74, 6) is -0.322. The van der Waals surface area contributed by atoms with Crippen molar-refractivity contribution in [2.45, 2.75) is 4.90 Å². The maximum atomic E-state index is 12.1. The van der Waals surface area contributed by atoms with Crippen molar-refractivity contribution in [3.63, 3.8) is 0 Å². The van der Waals surface area contributed by atoms with Crippen LogP contribution in [0.4, 0.5) is 5.69 Å². The van der Waals surface area contributed by atoms with Gasteiger partial charge in [-0.1, -0.05) is 6.07 Å². The quantitative estimate of drug-likeness (QED) is 0.430. The number of rotatable bonds is 7. The Kier molecular flexibility index (Phi) is 5.31. The summed E-state index contributed by atoms with van der Waals surface area (Å²) in [6.07, 6.45) is 1.72. The van der Waals surface area contributed by atoms with Crippen LogP contribution < -0.4 is 10.0 Å². The highest BCUT2D eigenvalue weighted by Crippen LogP contribution is 2.16. The lowest BCUT2D eigenvalue weighted by molar-refractivity contribution is -0.385. The van der Waals surface area contributed by atoms with Crippen molar-refractivity contribution in [2.24, 2.45) is 7.05 Å². The number of carbonyl (C=O) groups excluding carboxylic acids is 1. The van der Waals surface area contributed by atoms with Crippen molar-refractivity contribution < 1.29 is 18.1 Å². The van der Waals surface area contributed by atoms with Gasteiger partial charge in [-0.05, 0) is 18.2 Å². The lowest BCUT2D eigenvalue weighted by Gasteiger charge is -2.08. The number of nitro benzene ring substituents is 1. The highest BCUT2D eigenvalue weighted by molar-refractivity contribution is 7.89. The molecule has 0 saturated heterocycles. The third-order valence-electron chi connectivity index (χ3n) is 3.22. The predicted octanol–water partition coefficient (Wildman–Crippen LogP) is 0.642. The smallest absolute Gasteiger partial charge is 0.270 e. The van der Waals surface area contributed by atoms with Crippen molar-refractivity contribution in [2.75, 3.05) is 13.1 Å². The van der Waals surface area contributed by atoms with E-state index in [1.165, 1.54) is 18.2 Å². The third kappa shape index (κ3) is 4.18. The first-order chi connectivity index (χ1) is 11.3. The summed E-state index contributed by atoms with van der Waals surface area (Å²) in [6.45, 7) is 0.0410. The molecule has 0 aliphatic heterocycles. The molecule has 1 aromatic heterocycles. The van der Waals surface area contributed by atoms with Gasteiger partial charge in [0.25, 0.3) is 11.6 Å². The first kappa shape index (κ1) is 17.6. The summed E-state index contributed by atoms with van der Waals surface area (Å²) >= 11 is 0. The molecule has 0 bridgehead atoms. The molecule has 0 aliphatic carbocycles. The number of amides is 1. The molecule has 2 aromatic rings. The fourth-order valence-electron chi connectivity index (χ4n) is 2.00. The molecule has 1 heterocycles. The summed E-state index contributed by atoms with van der Waals surface area (Å²) in [6, 6.07) is 8.11. The van der Waals surface area contributed by atoms with E-state index in [0.717, 1.165) is 6.07 Å². The Bertz CT molecular complexity index is 860. The summed E-state index contributed by atoms with van der Waals surface area (Å²) in [7, 11) is -2.17. The normalized spacial score (nSPS) is 11.2. The molecule has 0 atom stereocenters. The Morgan fingerprint density at radius 3 is 2.62 bits per heavy atom. The monoisotopic (exact) mass is 352 g/mol. The number of benzene rings is 1. The highest BCUT2D eigenvalue weighted by Gasteiger charge is 2.17. The molecule has 0 unspecified atom stereocenters. The van der Waals surface area contributed by atoms with Crippen LogP contribution in [0.1, 0.15) is 10.5 Å². The van der Waals surface area contributed by atoms with Crippen LogP contribution in [0.2, 0.25) is 0 Å². The summed E-state index contributed by atoms with van der Waals surface area (Å²) in [5.41, 5.74) is 0.145. The standard InChI is InChI=1S/C14H16N4O5S/c1-17-9-3-6-13(17)14(19)15-7-8-16-24(22,23)12-5-2-4-11(10-12)18(20)21/h2-6,9-10,16H,7-8H2,1H3,(H,15,19). The van der Waals surface area contributed by atoms with Gasteiger partial charge in [0.1, 0.15) is 5.69 Å². The summed E-state index contributed by atoms with van der Waals surface area (Å²) < 4.78 is 28.1. The average molecular weight is 352 g/mol. The number of hydrogen-bond donors (Lipinski definition) is 2.